The van der Waals surface area contributed by atoms with E-state index in [9.17, 15) is 0 Å². The fourth-order valence-electron chi connectivity index (χ4n) is 2.32. The van der Waals surface area contributed by atoms with Gasteiger partial charge in [-0.3, -0.25) is 4.98 Å². The highest BCUT2D eigenvalue weighted by atomic mass is 15.2. The normalized spacial score (nSPS) is 10.6. The van der Waals surface area contributed by atoms with E-state index in [1.807, 2.05) is 25.4 Å². The van der Waals surface area contributed by atoms with Crippen LogP contribution in [0.1, 0.15) is 30.8 Å². The molecular formula is C17H24N4. The number of aryl methyl sites for hydroxylation is 1. The molecule has 0 aliphatic heterocycles. The van der Waals surface area contributed by atoms with Crippen LogP contribution in [0.2, 0.25) is 0 Å². The first-order valence-electron chi connectivity index (χ1n) is 7.56. The van der Waals surface area contributed by atoms with Crippen molar-refractivity contribution >= 4 is 5.82 Å². The fraction of sp³-hybridized carbons (Fsp3) is 0.412. The van der Waals surface area contributed by atoms with Crippen LogP contribution in [0.25, 0.3) is 0 Å². The molecule has 2 aromatic rings. The molecule has 0 atom stereocenters. The van der Waals surface area contributed by atoms with E-state index in [1.165, 1.54) is 5.56 Å². The van der Waals surface area contributed by atoms with Crippen LogP contribution in [0.4, 0.5) is 5.82 Å². The van der Waals surface area contributed by atoms with Crippen molar-refractivity contribution in [1.29, 1.82) is 0 Å². The van der Waals surface area contributed by atoms with Gasteiger partial charge in [0.05, 0.1) is 12.2 Å². The number of hydrogen-bond acceptors (Lipinski definition) is 4. The maximum absolute atomic E-state index is 4.77. The largest absolute Gasteiger partial charge is 0.351 e. The molecule has 0 saturated carbocycles. The van der Waals surface area contributed by atoms with E-state index in [4.69, 9.17) is 4.98 Å². The van der Waals surface area contributed by atoms with Crippen molar-refractivity contribution in [2.75, 3.05) is 18.5 Å². The second kappa shape index (κ2) is 7.74. The average molecular weight is 284 g/mol. The minimum absolute atomic E-state index is 0.788. The van der Waals surface area contributed by atoms with Gasteiger partial charge in [-0.25, -0.2) is 4.98 Å². The van der Waals surface area contributed by atoms with Crippen molar-refractivity contribution in [2.24, 2.45) is 0 Å². The van der Waals surface area contributed by atoms with Crippen molar-refractivity contribution in [2.45, 2.75) is 33.4 Å². The first kappa shape index (κ1) is 15.4. The summed E-state index contributed by atoms with van der Waals surface area (Å²) in [6.45, 7) is 6.86. The van der Waals surface area contributed by atoms with Crippen molar-refractivity contribution in [3.05, 3.63) is 53.5 Å². The van der Waals surface area contributed by atoms with Gasteiger partial charge < -0.3 is 10.2 Å². The van der Waals surface area contributed by atoms with Crippen LogP contribution in [0.15, 0.2) is 36.5 Å². The molecule has 0 aromatic carbocycles. The molecule has 0 saturated heterocycles. The van der Waals surface area contributed by atoms with E-state index < -0.39 is 0 Å². The van der Waals surface area contributed by atoms with Gasteiger partial charge in [0.15, 0.2) is 0 Å². The minimum atomic E-state index is 0.788. The molecule has 112 valence electrons. The van der Waals surface area contributed by atoms with Gasteiger partial charge in [-0.2, -0.15) is 0 Å². The summed E-state index contributed by atoms with van der Waals surface area (Å²) in [5.41, 5.74) is 3.48. The monoisotopic (exact) mass is 284 g/mol. The van der Waals surface area contributed by atoms with Gasteiger partial charge in [-0.15, -0.1) is 0 Å². The van der Waals surface area contributed by atoms with Gasteiger partial charge in [0, 0.05) is 25.0 Å². The molecule has 4 heteroatoms. The molecule has 0 aliphatic carbocycles. The molecule has 2 rings (SSSR count). The Bertz CT molecular complexity index is 554. The number of hydrogen-bond donors (Lipinski definition) is 1. The van der Waals surface area contributed by atoms with Crippen molar-refractivity contribution in [3.8, 4) is 0 Å². The van der Waals surface area contributed by atoms with Gasteiger partial charge >= 0.3 is 0 Å². The maximum Gasteiger partial charge on any atom is 0.129 e. The Labute approximate surface area is 127 Å². The highest BCUT2D eigenvalue weighted by Crippen LogP contribution is 2.17. The van der Waals surface area contributed by atoms with Crippen LogP contribution in [-0.2, 0) is 19.5 Å². The van der Waals surface area contributed by atoms with Crippen molar-refractivity contribution in [3.63, 3.8) is 0 Å². The van der Waals surface area contributed by atoms with E-state index in [1.54, 1.807) is 0 Å². The van der Waals surface area contributed by atoms with E-state index in [0.29, 0.717) is 0 Å². The number of nitrogens with one attached hydrogen (secondary N) is 1. The SMILES string of the molecule is CCc1cc(CNC)cc(N(CC)Cc2ccccn2)n1. The summed E-state index contributed by atoms with van der Waals surface area (Å²) in [4.78, 5) is 11.4. The van der Waals surface area contributed by atoms with Gasteiger partial charge in [-0.05, 0) is 50.2 Å². The third kappa shape index (κ3) is 4.26. The fourth-order valence-corrected chi connectivity index (χ4v) is 2.32. The molecule has 0 radical (unpaired) electrons. The lowest BCUT2D eigenvalue weighted by Gasteiger charge is -2.23. The molecule has 2 aromatic heterocycles. The Kier molecular flexibility index (Phi) is 5.69. The molecule has 0 bridgehead atoms. The van der Waals surface area contributed by atoms with Crippen LogP contribution in [0, 0.1) is 0 Å². The zero-order valence-corrected chi connectivity index (χ0v) is 13.1. The molecule has 4 nitrogen and oxygen atoms in total. The molecule has 1 N–H and O–H groups in total. The molecular weight excluding hydrogens is 260 g/mol. The summed E-state index contributed by atoms with van der Waals surface area (Å²) in [6, 6.07) is 10.4. The third-order valence-corrected chi connectivity index (χ3v) is 3.45. The summed E-state index contributed by atoms with van der Waals surface area (Å²) in [6.07, 6.45) is 2.79. The lowest BCUT2D eigenvalue weighted by Crippen LogP contribution is -2.24. The highest BCUT2D eigenvalue weighted by molar-refractivity contribution is 5.43. The van der Waals surface area contributed by atoms with Gasteiger partial charge in [0.25, 0.3) is 0 Å². The second-order valence-electron chi connectivity index (χ2n) is 5.04. The molecule has 0 amide bonds. The average Bonchev–Trinajstić information content (AvgIpc) is 2.53. The predicted molar refractivity (Wildman–Crippen MR) is 87.3 cm³/mol. The summed E-state index contributed by atoms with van der Waals surface area (Å²) in [5.74, 6) is 1.03. The number of nitrogens with zero attached hydrogens (tertiary/aromatic N) is 3. The lowest BCUT2D eigenvalue weighted by molar-refractivity contribution is 0.775. The number of rotatable bonds is 7. The smallest absolute Gasteiger partial charge is 0.129 e. The third-order valence-electron chi connectivity index (χ3n) is 3.45. The lowest BCUT2D eigenvalue weighted by atomic mass is 10.2. The first-order chi connectivity index (χ1) is 10.3. The first-order valence-corrected chi connectivity index (χ1v) is 7.56. The van der Waals surface area contributed by atoms with Gasteiger partial charge in [0.1, 0.15) is 5.82 Å². The van der Waals surface area contributed by atoms with Crippen LogP contribution in [0.5, 0.6) is 0 Å². The number of pyridine rings is 2. The maximum atomic E-state index is 4.77. The Morgan fingerprint density at radius 2 is 2.00 bits per heavy atom. The van der Waals surface area contributed by atoms with Crippen molar-refractivity contribution < 1.29 is 0 Å². The van der Waals surface area contributed by atoms with E-state index >= 15 is 0 Å². The van der Waals surface area contributed by atoms with Crippen LogP contribution < -0.4 is 10.2 Å². The Hall–Kier alpha value is -1.94. The molecule has 0 unspecified atom stereocenters. The summed E-state index contributed by atoms with van der Waals surface area (Å²) in [7, 11) is 1.97. The molecule has 0 fully saturated rings. The zero-order chi connectivity index (χ0) is 15.1. The van der Waals surface area contributed by atoms with E-state index in [2.05, 4.69) is 47.2 Å². The Balaban J connectivity index is 2.26. The Morgan fingerprint density at radius 1 is 1.14 bits per heavy atom. The van der Waals surface area contributed by atoms with Crippen LogP contribution >= 0.6 is 0 Å². The summed E-state index contributed by atoms with van der Waals surface area (Å²) in [5, 5.41) is 3.21. The predicted octanol–water partition coefficient (Wildman–Crippen LogP) is 2.78. The van der Waals surface area contributed by atoms with Gasteiger partial charge in [-0.1, -0.05) is 13.0 Å². The molecule has 0 aliphatic rings. The summed E-state index contributed by atoms with van der Waals surface area (Å²) < 4.78 is 0. The molecule has 0 spiro atoms. The number of anilines is 1. The topological polar surface area (TPSA) is 41.0 Å². The standard InChI is InChI=1S/C17H24N4/c1-4-15-10-14(12-18-3)11-17(20-15)21(5-2)13-16-8-6-7-9-19-16/h6-11,18H,4-5,12-13H2,1-3H3. The highest BCUT2D eigenvalue weighted by Gasteiger charge is 2.10. The minimum Gasteiger partial charge on any atom is -0.351 e. The zero-order valence-electron chi connectivity index (χ0n) is 13.1. The molecule has 2 heterocycles. The molecule has 21 heavy (non-hydrogen) atoms. The number of aromatic nitrogens is 2. The van der Waals surface area contributed by atoms with Crippen molar-refractivity contribution in [1.82, 2.24) is 15.3 Å². The van der Waals surface area contributed by atoms with Gasteiger partial charge in [0.2, 0.25) is 0 Å². The van der Waals surface area contributed by atoms with Crippen LogP contribution in [-0.4, -0.2) is 23.6 Å². The van der Waals surface area contributed by atoms with Crippen LogP contribution in [0.3, 0.4) is 0 Å². The second-order valence-corrected chi connectivity index (χ2v) is 5.04. The van der Waals surface area contributed by atoms with E-state index in [-0.39, 0.29) is 0 Å². The van der Waals surface area contributed by atoms with E-state index in [0.717, 1.165) is 43.3 Å². The Morgan fingerprint density at radius 3 is 2.62 bits per heavy atom. The summed E-state index contributed by atoms with van der Waals surface area (Å²) >= 11 is 0. The quantitative estimate of drug-likeness (QED) is 0.849.